The van der Waals surface area contributed by atoms with Crippen LogP contribution in [0.5, 0.6) is 0 Å². The highest BCUT2D eigenvalue weighted by atomic mass is 15.2. The van der Waals surface area contributed by atoms with Gasteiger partial charge in [-0.3, -0.25) is 0 Å². The van der Waals surface area contributed by atoms with Gasteiger partial charge in [0.25, 0.3) is 0 Å². The molecular formula is C17H26N2. The lowest BCUT2D eigenvalue weighted by molar-refractivity contribution is 0.354. The second kappa shape index (κ2) is 5.16. The molecule has 3 rings (SSSR count). The van der Waals surface area contributed by atoms with Gasteiger partial charge in [-0.25, -0.2) is 0 Å². The van der Waals surface area contributed by atoms with E-state index in [0.29, 0.717) is 5.54 Å². The fourth-order valence-corrected chi connectivity index (χ4v) is 3.86. The van der Waals surface area contributed by atoms with Crippen molar-refractivity contribution < 1.29 is 0 Å². The van der Waals surface area contributed by atoms with Crippen LogP contribution in [0.4, 0.5) is 5.69 Å². The molecule has 1 aromatic carbocycles. The van der Waals surface area contributed by atoms with Crippen LogP contribution in [0.25, 0.3) is 0 Å². The Morgan fingerprint density at radius 2 is 1.68 bits per heavy atom. The summed E-state index contributed by atoms with van der Waals surface area (Å²) < 4.78 is 0. The van der Waals surface area contributed by atoms with Gasteiger partial charge in [0.15, 0.2) is 0 Å². The summed E-state index contributed by atoms with van der Waals surface area (Å²) in [6, 6.07) is 6.97. The molecule has 104 valence electrons. The quantitative estimate of drug-likeness (QED) is 0.830. The zero-order valence-corrected chi connectivity index (χ0v) is 12.3. The molecule has 0 aromatic heterocycles. The van der Waals surface area contributed by atoms with E-state index in [-0.39, 0.29) is 0 Å². The van der Waals surface area contributed by atoms with E-state index in [1.54, 1.807) is 0 Å². The van der Waals surface area contributed by atoms with E-state index in [9.17, 15) is 0 Å². The summed E-state index contributed by atoms with van der Waals surface area (Å²) in [4.78, 5) is 2.62. The monoisotopic (exact) mass is 258 g/mol. The van der Waals surface area contributed by atoms with E-state index < -0.39 is 0 Å². The van der Waals surface area contributed by atoms with E-state index in [1.165, 1.54) is 68.6 Å². The van der Waals surface area contributed by atoms with Crippen LogP contribution in [0.15, 0.2) is 18.2 Å². The van der Waals surface area contributed by atoms with E-state index in [1.807, 2.05) is 0 Å². The Hall–Kier alpha value is -1.02. The van der Waals surface area contributed by atoms with E-state index in [0.717, 1.165) is 0 Å². The van der Waals surface area contributed by atoms with Gasteiger partial charge in [0, 0.05) is 24.3 Å². The fourth-order valence-electron chi connectivity index (χ4n) is 3.86. The van der Waals surface area contributed by atoms with Crippen molar-refractivity contribution in [3.05, 3.63) is 29.3 Å². The molecule has 1 aliphatic heterocycles. The average Bonchev–Trinajstić information content (AvgIpc) is 2.69. The molecule has 19 heavy (non-hydrogen) atoms. The molecule has 2 nitrogen and oxygen atoms in total. The summed E-state index contributed by atoms with van der Waals surface area (Å²) in [6.07, 6.45) is 6.76. The van der Waals surface area contributed by atoms with Crippen molar-refractivity contribution in [2.75, 3.05) is 24.5 Å². The molecule has 1 saturated carbocycles. The number of hydrogen-bond acceptors (Lipinski definition) is 2. The molecule has 1 aromatic rings. The van der Waals surface area contributed by atoms with Crippen LogP contribution >= 0.6 is 0 Å². The first-order valence-electron chi connectivity index (χ1n) is 7.75. The van der Waals surface area contributed by atoms with Gasteiger partial charge in [0.2, 0.25) is 0 Å². The zero-order valence-electron chi connectivity index (χ0n) is 12.3. The molecule has 0 bridgehead atoms. The molecule has 2 aliphatic rings. The van der Waals surface area contributed by atoms with Crippen LogP contribution in [-0.4, -0.2) is 25.2 Å². The van der Waals surface area contributed by atoms with E-state index in [2.05, 4.69) is 42.3 Å². The molecule has 1 heterocycles. The molecule has 1 saturated heterocycles. The van der Waals surface area contributed by atoms with Crippen molar-refractivity contribution in [1.82, 2.24) is 5.32 Å². The third-order valence-electron chi connectivity index (χ3n) is 4.73. The Kier molecular flexibility index (Phi) is 3.53. The summed E-state index contributed by atoms with van der Waals surface area (Å²) in [7, 11) is 0. The maximum atomic E-state index is 3.84. The summed E-state index contributed by atoms with van der Waals surface area (Å²) >= 11 is 0. The second-order valence-corrected chi connectivity index (χ2v) is 6.54. The highest BCUT2D eigenvalue weighted by molar-refractivity contribution is 5.51. The number of anilines is 1. The highest BCUT2D eigenvalue weighted by Gasteiger charge is 2.36. The molecule has 1 spiro atoms. The van der Waals surface area contributed by atoms with Crippen LogP contribution in [0.2, 0.25) is 0 Å². The number of benzene rings is 1. The molecule has 0 unspecified atom stereocenters. The molecule has 2 heteroatoms. The fraction of sp³-hybridized carbons (Fsp3) is 0.647. The van der Waals surface area contributed by atoms with Crippen molar-refractivity contribution in [2.24, 2.45) is 0 Å². The first-order valence-corrected chi connectivity index (χ1v) is 7.75. The van der Waals surface area contributed by atoms with Gasteiger partial charge in [-0.05, 0) is 62.9 Å². The summed E-state index contributed by atoms with van der Waals surface area (Å²) in [6.45, 7) is 7.98. The van der Waals surface area contributed by atoms with Crippen molar-refractivity contribution >= 4 is 5.69 Å². The van der Waals surface area contributed by atoms with Crippen molar-refractivity contribution in [3.8, 4) is 0 Å². The van der Waals surface area contributed by atoms with Gasteiger partial charge in [0.1, 0.15) is 0 Å². The molecular weight excluding hydrogens is 232 g/mol. The van der Waals surface area contributed by atoms with Crippen molar-refractivity contribution in [2.45, 2.75) is 51.5 Å². The third kappa shape index (κ3) is 2.79. The predicted octanol–water partition coefficient (Wildman–Crippen LogP) is 3.42. The molecule has 0 radical (unpaired) electrons. The Morgan fingerprint density at radius 3 is 2.37 bits per heavy atom. The van der Waals surface area contributed by atoms with E-state index >= 15 is 0 Å². The minimum absolute atomic E-state index is 0.397. The van der Waals surface area contributed by atoms with Gasteiger partial charge in [0.05, 0.1) is 0 Å². The lowest BCUT2D eigenvalue weighted by atomic mass is 9.96. The standard InChI is InChI=1S/C17H26N2/c1-14-10-15(2)12-16(11-14)19-9-5-8-18-17(13-19)6-3-4-7-17/h10-12,18H,3-9,13H2,1-2H3. The van der Waals surface area contributed by atoms with Crippen LogP contribution in [0.1, 0.15) is 43.2 Å². The summed E-state index contributed by atoms with van der Waals surface area (Å²) in [5.74, 6) is 0. The maximum Gasteiger partial charge on any atom is 0.0372 e. The molecule has 0 amide bonds. The van der Waals surface area contributed by atoms with Gasteiger partial charge in [-0.1, -0.05) is 18.9 Å². The van der Waals surface area contributed by atoms with Gasteiger partial charge in [-0.2, -0.15) is 0 Å². The molecule has 2 fully saturated rings. The SMILES string of the molecule is Cc1cc(C)cc(N2CCCNC3(CCCC3)C2)c1. The number of nitrogens with one attached hydrogen (secondary N) is 1. The van der Waals surface area contributed by atoms with Gasteiger partial charge >= 0.3 is 0 Å². The smallest absolute Gasteiger partial charge is 0.0372 e. The summed E-state index contributed by atoms with van der Waals surface area (Å²) in [5.41, 5.74) is 4.58. The lowest BCUT2D eigenvalue weighted by Gasteiger charge is -2.34. The molecule has 0 atom stereocenters. The first-order chi connectivity index (χ1) is 9.17. The van der Waals surface area contributed by atoms with Crippen LogP contribution in [0.3, 0.4) is 0 Å². The number of hydrogen-bond donors (Lipinski definition) is 1. The number of aryl methyl sites for hydroxylation is 2. The van der Waals surface area contributed by atoms with Gasteiger partial charge in [-0.15, -0.1) is 0 Å². The largest absolute Gasteiger partial charge is 0.370 e. The highest BCUT2D eigenvalue weighted by Crippen LogP contribution is 2.33. The minimum atomic E-state index is 0.397. The lowest BCUT2D eigenvalue weighted by Crippen LogP contribution is -2.49. The van der Waals surface area contributed by atoms with Crippen LogP contribution < -0.4 is 10.2 Å². The summed E-state index contributed by atoms with van der Waals surface area (Å²) in [5, 5.41) is 3.84. The second-order valence-electron chi connectivity index (χ2n) is 6.54. The van der Waals surface area contributed by atoms with Gasteiger partial charge < -0.3 is 10.2 Å². The van der Waals surface area contributed by atoms with Crippen LogP contribution in [-0.2, 0) is 0 Å². The Labute approximate surface area is 117 Å². The predicted molar refractivity (Wildman–Crippen MR) is 81.9 cm³/mol. The number of rotatable bonds is 1. The Morgan fingerprint density at radius 1 is 1.00 bits per heavy atom. The van der Waals surface area contributed by atoms with Crippen molar-refractivity contribution in [3.63, 3.8) is 0 Å². The van der Waals surface area contributed by atoms with Crippen molar-refractivity contribution in [1.29, 1.82) is 0 Å². The first kappa shape index (κ1) is 13.0. The molecule has 1 aliphatic carbocycles. The average molecular weight is 258 g/mol. The van der Waals surface area contributed by atoms with E-state index in [4.69, 9.17) is 0 Å². The normalized spacial score (nSPS) is 22.7. The zero-order chi connectivity index (χ0) is 13.3. The third-order valence-corrected chi connectivity index (χ3v) is 4.73. The Bertz CT molecular complexity index is 426. The molecule has 1 N–H and O–H groups in total. The number of nitrogens with zero attached hydrogens (tertiary/aromatic N) is 1. The minimum Gasteiger partial charge on any atom is -0.370 e. The maximum absolute atomic E-state index is 3.84. The van der Waals surface area contributed by atoms with Crippen LogP contribution in [0, 0.1) is 13.8 Å². The topological polar surface area (TPSA) is 15.3 Å². The Balaban J connectivity index is 1.86.